The predicted octanol–water partition coefficient (Wildman–Crippen LogP) is -3.18. The van der Waals surface area contributed by atoms with Gasteiger partial charge in [0.25, 0.3) is 11.8 Å². The molecule has 6 aliphatic carbocycles. The molecule has 2 amide bonds. The first-order valence-electron chi connectivity index (χ1n) is 20.2. The minimum absolute atomic E-state index is 0. The number of nitrogens with zero attached hydrogens (tertiary/aromatic N) is 2. The van der Waals surface area contributed by atoms with Crippen molar-refractivity contribution in [3.8, 4) is 11.5 Å². The van der Waals surface area contributed by atoms with Crippen molar-refractivity contribution in [1.82, 2.24) is 9.80 Å². The van der Waals surface area contributed by atoms with E-state index < -0.39 is 162 Å². The predicted molar refractivity (Wildman–Crippen MR) is 229 cm³/mol. The summed E-state index contributed by atoms with van der Waals surface area (Å²) >= 11 is 0. The number of Topliss-reactive ketones (excluding diaryl/α,β-unsaturated/α-hetero) is 4. The molecule has 2 saturated carbocycles. The van der Waals surface area contributed by atoms with Crippen LogP contribution in [0.4, 0.5) is 0 Å². The van der Waals surface area contributed by atoms with Crippen LogP contribution in [0, 0.1) is 23.7 Å². The zero-order chi connectivity index (χ0) is 49.6. The molecule has 0 heterocycles. The molecule has 6 aliphatic rings. The van der Waals surface area contributed by atoms with Crippen LogP contribution in [0.3, 0.4) is 0 Å². The maximum Gasteiger partial charge on any atom is 0.255 e. The van der Waals surface area contributed by atoms with Gasteiger partial charge in [-0.05, 0) is 65.3 Å². The van der Waals surface area contributed by atoms with Gasteiger partial charge in [0.1, 0.15) is 45.7 Å². The summed E-state index contributed by atoms with van der Waals surface area (Å²) in [5.74, 6) is -19.3. The molecule has 0 saturated heterocycles. The second-order valence-corrected chi connectivity index (χ2v) is 18.1. The van der Waals surface area contributed by atoms with E-state index in [2.05, 4.69) is 0 Å². The fraction of sp³-hybridized carbons (Fsp3) is 0.409. The molecule has 2 aromatic rings. The molecule has 16 N–H and O–H groups in total. The molecule has 23 heteroatoms. The summed E-state index contributed by atoms with van der Waals surface area (Å²) in [5.41, 5.74) is -3.55. The van der Waals surface area contributed by atoms with Crippen molar-refractivity contribution in [2.45, 2.75) is 60.5 Å². The number of hydrogen-bond donors (Lipinski definition) is 14. The molecule has 8 rings (SSSR count). The van der Waals surface area contributed by atoms with E-state index >= 15 is 0 Å². The SMILES string of the molecule is CN(C)[C@@H]1C(=O)C(C(N)=O)=C(O)[C@@]2(O)C(=O)C3=C(O)c4c(O)cccc4[C@@](C)(O)C3[C@H](O)[C@@H]12.CN(C)[C@@H]1C(=O)C(C(N)=O)=C(O)[C@@]2(O)C(=O)C3=C(O)c4c(O)cccc4[C@@](C)(O)C3[C@H](O)[C@@H]12.[Ca]. The monoisotopic (exact) mass is 960 g/mol. The zero-order valence-corrected chi connectivity index (χ0v) is 38.9. The van der Waals surface area contributed by atoms with Crippen LogP contribution >= 0.6 is 0 Å². The number of likely N-dealkylation sites (N-methyl/N-ethyl adjacent to an activating group) is 2. The summed E-state index contributed by atoms with van der Waals surface area (Å²) < 4.78 is 0. The maximum atomic E-state index is 13.7. The number of carbonyl (C=O) groups excluding carboxylic acids is 6. The molecule has 2 unspecified atom stereocenters. The van der Waals surface area contributed by atoms with E-state index in [1.54, 1.807) is 0 Å². The second kappa shape index (κ2) is 16.5. The smallest absolute Gasteiger partial charge is 0.255 e. The Morgan fingerprint density at radius 3 is 1.13 bits per heavy atom. The van der Waals surface area contributed by atoms with Gasteiger partial charge in [-0.15, -0.1) is 0 Å². The molecule has 0 bridgehead atoms. The first-order chi connectivity index (χ1) is 30.4. The number of carbonyl (C=O) groups is 6. The van der Waals surface area contributed by atoms with Crippen LogP contribution < -0.4 is 11.5 Å². The van der Waals surface area contributed by atoms with Gasteiger partial charge < -0.3 is 72.7 Å². The molecule has 0 aromatic heterocycles. The Balaban J connectivity index is 0.000000218. The van der Waals surface area contributed by atoms with Crippen LogP contribution in [0.15, 0.2) is 70.2 Å². The molecule has 22 nitrogen and oxygen atoms in total. The number of fused-ring (bicyclic) bond motifs is 6. The van der Waals surface area contributed by atoms with Crippen molar-refractivity contribution in [2.75, 3.05) is 28.2 Å². The standard InChI is InChI=1S/2C22H24N2O9.Ca/c2*1-21(32)7-5-4-6-8(25)9(7)15(26)10-12(21)17(28)13-14(24(2)3)16(27)11(20(23)31)19(30)22(13,33)18(10)29;/h2*4-6,12-14,17,25-26,28,30,32-33H,1-3H3,(H2,23,31);/t2*12?,13-,14+,17+,21-,22+;/m11./s1. The summed E-state index contributed by atoms with van der Waals surface area (Å²) in [4.78, 5) is 79.9. The average Bonchev–Trinajstić information content (AvgIpc) is 3.20. The Bertz CT molecular complexity index is 2560. The van der Waals surface area contributed by atoms with Crippen molar-refractivity contribution in [3.63, 3.8) is 0 Å². The molecule has 2 aromatic carbocycles. The molecule has 67 heavy (non-hydrogen) atoms. The first-order valence-corrected chi connectivity index (χ1v) is 20.2. The number of hydrogen-bond acceptors (Lipinski definition) is 20. The van der Waals surface area contributed by atoms with Gasteiger partial charge in [0.05, 0.1) is 81.4 Å². The quantitative estimate of drug-likeness (QED) is 0.106. The zero-order valence-electron chi connectivity index (χ0n) is 36.7. The molecule has 0 spiro atoms. The van der Waals surface area contributed by atoms with E-state index in [1.807, 2.05) is 0 Å². The van der Waals surface area contributed by atoms with Crippen LogP contribution in [0.2, 0.25) is 0 Å². The minimum atomic E-state index is -3.02. The normalized spacial score (nSPS) is 35.4. The number of ketones is 4. The Morgan fingerprint density at radius 2 is 0.866 bits per heavy atom. The van der Waals surface area contributed by atoms with Crippen LogP contribution in [0.1, 0.15) is 36.1 Å². The van der Waals surface area contributed by atoms with E-state index in [0.29, 0.717) is 0 Å². The summed E-state index contributed by atoms with van der Waals surface area (Å²) in [6.45, 7) is 2.51. The largest absolute Gasteiger partial charge is 0.508 e. The van der Waals surface area contributed by atoms with Crippen molar-refractivity contribution < 1.29 is 90.0 Å². The number of nitrogens with two attached hydrogens (primary N) is 2. The van der Waals surface area contributed by atoms with Crippen LogP contribution in [0.5, 0.6) is 11.5 Å². The Kier molecular flexibility index (Phi) is 12.6. The van der Waals surface area contributed by atoms with Crippen molar-refractivity contribution in [2.24, 2.45) is 35.1 Å². The molecular weight excluding hydrogens is 913 g/mol. The number of phenolic OH excluding ortho intramolecular Hbond substituents is 2. The van der Waals surface area contributed by atoms with Crippen LogP contribution in [-0.4, -0.2) is 207 Å². The number of benzene rings is 2. The summed E-state index contributed by atoms with van der Waals surface area (Å²) in [5, 5.41) is 133. The number of amides is 2. The Labute approximate surface area is 409 Å². The third-order valence-corrected chi connectivity index (χ3v) is 14.1. The second-order valence-electron chi connectivity index (χ2n) is 18.1. The van der Waals surface area contributed by atoms with Crippen LogP contribution in [0.25, 0.3) is 11.5 Å². The number of phenols is 2. The molecule has 354 valence electrons. The van der Waals surface area contributed by atoms with Gasteiger partial charge in [0, 0.05) is 37.7 Å². The van der Waals surface area contributed by atoms with Crippen molar-refractivity contribution >= 4 is 84.2 Å². The van der Waals surface area contributed by atoms with Gasteiger partial charge in [-0.2, -0.15) is 0 Å². The van der Waals surface area contributed by atoms with Gasteiger partial charge in [0.2, 0.25) is 11.6 Å². The molecule has 0 aliphatic heterocycles. The number of aliphatic hydroxyl groups excluding tert-OH is 6. The summed E-state index contributed by atoms with van der Waals surface area (Å²) in [6, 6.07) is 5.00. The number of primary amides is 2. The van der Waals surface area contributed by atoms with Crippen molar-refractivity contribution in [1.29, 1.82) is 0 Å². The molecule has 2 radical (unpaired) electrons. The summed E-state index contributed by atoms with van der Waals surface area (Å²) in [7, 11) is 5.60. The number of rotatable bonds is 4. The van der Waals surface area contributed by atoms with Gasteiger partial charge in [-0.25, -0.2) is 0 Å². The molecular formula is C44H48CaN4O18. The fourth-order valence-electron chi connectivity index (χ4n) is 11.2. The third-order valence-electron chi connectivity index (χ3n) is 14.1. The first kappa shape index (κ1) is 51.2. The van der Waals surface area contributed by atoms with E-state index in [-0.39, 0.29) is 60.0 Å². The Morgan fingerprint density at radius 1 is 0.567 bits per heavy atom. The maximum absolute atomic E-state index is 13.7. The van der Waals surface area contributed by atoms with E-state index in [9.17, 15) is 90.0 Å². The topological polar surface area (TPSA) is 404 Å². The van der Waals surface area contributed by atoms with E-state index in [1.165, 1.54) is 88.2 Å². The van der Waals surface area contributed by atoms with Gasteiger partial charge >= 0.3 is 0 Å². The van der Waals surface area contributed by atoms with Crippen LogP contribution in [-0.2, 0) is 40.0 Å². The summed E-state index contributed by atoms with van der Waals surface area (Å²) in [6.07, 6.45) is -3.74. The van der Waals surface area contributed by atoms with Gasteiger partial charge in [-0.1, -0.05) is 24.3 Å². The van der Waals surface area contributed by atoms with E-state index in [4.69, 9.17) is 11.5 Å². The average molecular weight is 961 g/mol. The number of aliphatic hydroxyl groups is 10. The molecule has 12 atom stereocenters. The third kappa shape index (κ3) is 6.57. The van der Waals surface area contributed by atoms with Gasteiger partial charge in [-0.3, -0.25) is 38.6 Å². The van der Waals surface area contributed by atoms with Crippen molar-refractivity contribution in [3.05, 3.63) is 92.5 Å². The van der Waals surface area contributed by atoms with E-state index in [0.717, 1.165) is 0 Å². The van der Waals surface area contributed by atoms with Gasteiger partial charge in [0.15, 0.2) is 22.8 Å². The fourth-order valence-corrected chi connectivity index (χ4v) is 11.2. The minimum Gasteiger partial charge on any atom is -0.508 e. The Hall–Kier alpha value is -5.24. The number of aromatic hydroxyl groups is 2. The molecule has 2 fully saturated rings.